The standard InChI is InChI=1S/C25H24O2/c1-3-5-10-17-15-23-20-13-8-6-11-18(20)19-12-7-9-14-21(19)24(23)16-22(17)25(26)27-4-2/h6-9,11-16H,3-5,10H2,1-2H3. The molecule has 0 spiro atoms. The van der Waals surface area contributed by atoms with E-state index in [4.69, 9.17) is 4.74 Å². The van der Waals surface area contributed by atoms with E-state index in [0.29, 0.717) is 12.2 Å². The molecule has 0 saturated carbocycles. The molecule has 0 bridgehead atoms. The van der Waals surface area contributed by atoms with E-state index in [1.807, 2.05) is 13.0 Å². The van der Waals surface area contributed by atoms with Gasteiger partial charge >= 0.3 is 5.97 Å². The molecule has 136 valence electrons. The third kappa shape index (κ3) is 3.06. The number of carbonyl (C=O) groups excluding carboxylic acids is 1. The maximum Gasteiger partial charge on any atom is 0.338 e. The molecule has 0 aliphatic rings. The molecule has 27 heavy (non-hydrogen) atoms. The van der Waals surface area contributed by atoms with E-state index in [9.17, 15) is 4.79 Å². The monoisotopic (exact) mass is 356 g/mol. The molecule has 0 aliphatic carbocycles. The summed E-state index contributed by atoms with van der Waals surface area (Å²) in [7, 11) is 0. The highest BCUT2D eigenvalue weighted by molar-refractivity contribution is 6.26. The molecule has 0 radical (unpaired) electrons. The van der Waals surface area contributed by atoms with Gasteiger partial charge in [-0.2, -0.15) is 0 Å². The maximum atomic E-state index is 12.6. The fourth-order valence-corrected chi connectivity index (χ4v) is 3.97. The Kier molecular flexibility index (Phi) is 4.81. The molecule has 4 rings (SSSR count). The summed E-state index contributed by atoms with van der Waals surface area (Å²) in [6.07, 6.45) is 3.05. The predicted octanol–water partition coefficient (Wildman–Crippen LogP) is 6.67. The van der Waals surface area contributed by atoms with Gasteiger partial charge in [0.05, 0.1) is 12.2 Å². The van der Waals surface area contributed by atoms with Crippen LogP contribution in [0.25, 0.3) is 32.3 Å². The zero-order valence-electron chi connectivity index (χ0n) is 15.9. The fraction of sp³-hybridized carbons (Fsp3) is 0.240. The Balaban J connectivity index is 2.11. The van der Waals surface area contributed by atoms with Crippen LogP contribution in [0.3, 0.4) is 0 Å². The molecule has 0 amide bonds. The summed E-state index contributed by atoms with van der Waals surface area (Å²) < 4.78 is 5.36. The van der Waals surface area contributed by atoms with Crippen LogP contribution in [-0.4, -0.2) is 12.6 Å². The normalized spacial score (nSPS) is 11.3. The van der Waals surface area contributed by atoms with E-state index in [0.717, 1.165) is 30.2 Å². The molecule has 0 saturated heterocycles. The van der Waals surface area contributed by atoms with Crippen molar-refractivity contribution in [3.8, 4) is 0 Å². The van der Waals surface area contributed by atoms with Crippen LogP contribution in [0.5, 0.6) is 0 Å². The average molecular weight is 356 g/mol. The molecule has 0 fully saturated rings. The van der Waals surface area contributed by atoms with Crippen LogP contribution in [0.4, 0.5) is 0 Å². The summed E-state index contributed by atoms with van der Waals surface area (Å²) in [4.78, 5) is 12.6. The van der Waals surface area contributed by atoms with E-state index >= 15 is 0 Å². The Morgan fingerprint density at radius 3 is 1.81 bits per heavy atom. The first-order valence-electron chi connectivity index (χ1n) is 9.77. The van der Waals surface area contributed by atoms with Gasteiger partial charge < -0.3 is 4.74 Å². The van der Waals surface area contributed by atoms with E-state index < -0.39 is 0 Å². The van der Waals surface area contributed by atoms with Crippen molar-refractivity contribution in [1.82, 2.24) is 0 Å². The smallest absolute Gasteiger partial charge is 0.338 e. The zero-order chi connectivity index (χ0) is 18.8. The second kappa shape index (κ2) is 7.40. The molecular formula is C25H24O2. The van der Waals surface area contributed by atoms with Crippen molar-refractivity contribution in [1.29, 1.82) is 0 Å². The first-order valence-corrected chi connectivity index (χ1v) is 9.77. The summed E-state index contributed by atoms with van der Waals surface area (Å²) in [6.45, 7) is 4.42. The van der Waals surface area contributed by atoms with Crippen LogP contribution >= 0.6 is 0 Å². The Bertz CT molecular complexity index is 1140. The van der Waals surface area contributed by atoms with Crippen LogP contribution in [0.15, 0.2) is 60.7 Å². The molecule has 0 aliphatic heterocycles. The first-order chi connectivity index (χ1) is 13.2. The largest absolute Gasteiger partial charge is 0.462 e. The number of rotatable bonds is 5. The highest BCUT2D eigenvalue weighted by atomic mass is 16.5. The fourth-order valence-electron chi connectivity index (χ4n) is 3.97. The van der Waals surface area contributed by atoms with E-state index in [-0.39, 0.29) is 5.97 Å². The number of ether oxygens (including phenoxy) is 1. The van der Waals surface area contributed by atoms with Crippen molar-refractivity contribution < 1.29 is 9.53 Å². The van der Waals surface area contributed by atoms with E-state index in [1.54, 1.807) is 0 Å². The SMILES string of the molecule is CCCCc1cc2c3ccccc3c3ccccc3c2cc1C(=O)OCC. The summed E-state index contributed by atoms with van der Waals surface area (Å²) in [5.74, 6) is -0.220. The van der Waals surface area contributed by atoms with Gasteiger partial charge in [0.25, 0.3) is 0 Å². The second-order valence-electron chi connectivity index (χ2n) is 6.97. The maximum absolute atomic E-state index is 12.6. The van der Waals surface area contributed by atoms with Gasteiger partial charge in [0.1, 0.15) is 0 Å². The highest BCUT2D eigenvalue weighted by Crippen LogP contribution is 2.36. The molecule has 2 nitrogen and oxygen atoms in total. The Hall–Kier alpha value is -2.87. The van der Waals surface area contributed by atoms with Crippen molar-refractivity contribution in [3.05, 3.63) is 71.8 Å². The zero-order valence-corrected chi connectivity index (χ0v) is 15.9. The van der Waals surface area contributed by atoms with Crippen LogP contribution in [-0.2, 0) is 11.2 Å². The number of benzene rings is 4. The molecule has 2 heteroatoms. The van der Waals surface area contributed by atoms with Crippen LogP contribution in [0.1, 0.15) is 42.6 Å². The number of hydrogen-bond acceptors (Lipinski definition) is 2. The number of hydrogen-bond donors (Lipinski definition) is 0. The van der Waals surface area contributed by atoms with Crippen LogP contribution in [0, 0.1) is 0 Å². The van der Waals surface area contributed by atoms with Crippen molar-refractivity contribution >= 4 is 38.3 Å². The lowest BCUT2D eigenvalue weighted by atomic mass is 9.90. The Morgan fingerprint density at radius 1 is 0.778 bits per heavy atom. The first kappa shape index (κ1) is 17.5. The molecule has 0 atom stereocenters. The highest BCUT2D eigenvalue weighted by Gasteiger charge is 2.17. The molecule has 0 aromatic heterocycles. The topological polar surface area (TPSA) is 26.3 Å². The minimum Gasteiger partial charge on any atom is -0.462 e. The quantitative estimate of drug-likeness (QED) is 0.295. The van der Waals surface area contributed by atoms with E-state index in [2.05, 4.69) is 61.5 Å². The van der Waals surface area contributed by atoms with Gasteiger partial charge in [-0.3, -0.25) is 0 Å². The third-order valence-electron chi connectivity index (χ3n) is 5.26. The third-order valence-corrected chi connectivity index (χ3v) is 5.26. The molecule has 4 aromatic rings. The van der Waals surface area contributed by atoms with Gasteiger partial charge in [-0.1, -0.05) is 61.9 Å². The summed E-state index contributed by atoms with van der Waals surface area (Å²) in [6, 6.07) is 21.2. The number of carbonyl (C=O) groups is 1. The van der Waals surface area contributed by atoms with Crippen molar-refractivity contribution in [2.75, 3.05) is 6.61 Å². The minimum atomic E-state index is -0.220. The van der Waals surface area contributed by atoms with Crippen molar-refractivity contribution in [2.45, 2.75) is 33.1 Å². The predicted molar refractivity (Wildman–Crippen MR) is 114 cm³/mol. The molecule has 4 aromatic carbocycles. The van der Waals surface area contributed by atoms with Gasteiger partial charge in [0.2, 0.25) is 0 Å². The molecule has 0 heterocycles. The van der Waals surface area contributed by atoms with Gasteiger partial charge in [-0.25, -0.2) is 4.79 Å². The van der Waals surface area contributed by atoms with Crippen LogP contribution in [0.2, 0.25) is 0 Å². The lowest BCUT2D eigenvalue weighted by Gasteiger charge is -2.15. The van der Waals surface area contributed by atoms with Gasteiger partial charge in [-0.05, 0) is 69.8 Å². The number of esters is 1. The molecule has 0 unspecified atom stereocenters. The average Bonchev–Trinajstić information content (AvgIpc) is 2.72. The molecular weight excluding hydrogens is 332 g/mol. The van der Waals surface area contributed by atoms with Gasteiger partial charge in [0, 0.05) is 0 Å². The number of aryl methyl sites for hydroxylation is 1. The van der Waals surface area contributed by atoms with Crippen molar-refractivity contribution in [2.24, 2.45) is 0 Å². The number of fused-ring (bicyclic) bond motifs is 6. The van der Waals surface area contributed by atoms with E-state index in [1.165, 1.54) is 26.9 Å². The summed E-state index contributed by atoms with van der Waals surface area (Å²) >= 11 is 0. The van der Waals surface area contributed by atoms with Gasteiger partial charge in [-0.15, -0.1) is 0 Å². The lowest BCUT2D eigenvalue weighted by Crippen LogP contribution is -2.08. The summed E-state index contributed by atoms with van der Waals surface area (Å²) in [5, 5.41) is 7.22. The Morgan fingerprint density at radius 2 is 1.30 bits per heavy atom. The molecule has 0 N–H and O–H groups in total. The Labute approximate surface area is 159 Å². The summed E-state index contributed by atoms with van der Waals surface area (Å²) in [5.41, 5.74) is 1.79. The second-order valence-corrected chi connectivity index (χ2v) is 6.97. The minimum absolute atomic E-state index is 0.220. The van der Waals surface area contributed by atoms with Crippen molar-refractivity contribution in [3.63, 3.8) is 0 Å². The van der Waals surface area contributed by atoms with Crippen LogP contribution < -0.4 is 0 Å². The van der Waals surface area contributed by atoms with Gasteiger partial charge in [0.15, 0.2) is 0 Å². The lowest BCUT2D eigenvalue weighted by molar-refractivity contribution is 0.0525. The number of unbranched alkanes of at least 4 members (excludes halogenated alkanes) is 1.